The number of aryl methyl sites for hydroxylation is 1. The number of esters is 1. The van der Waals surface area contributed by atoms with Gasteiger partial charge in [-0.15, -0.1) is 11.3 Å². The third-order valence-corrected chi connectivity index (χ3v) is 5.98. The molecule has 2 aromatic rings. The summed E-state index contributed by atoms with van der Waals surface area (Å²) in [7, 11) is 0. The Morgan fingerprint density at radius 2 is 2.03 bits per heavy atom. The number of benzene rings is 1. The molecule has 3 rings (SSSR count). The second-order valence-electron chi connectivity index (χ2n) is 6.88. The van der Waals surface area contributed by atoms with Crippen molar-refractivity contribution < 1.29 is 27.5 Å². The minimum atomic E-state index is -4.54. The van der Waals surface area contributed by atoms with Crippen LogP contribution in [-0.2, 0) is 28.5 Å². The van der Waals surface area contributed by atoms with Gasteiger partial charge >= 0.3 is 12.1 Å². The number of halogens is 3. The first-order valence-corrected chi connectivity index (χ1v) is 10.5. The Bertz CT molecular complexity index is 1080. The van der Waals surface area contributed by atoms with Crippen LogP contribution in [0, 0.1) is 11.3 Å². The summed E-state index contributed by atoms with van der Waals surface area (Å²) in [5.41, 5.74) is -0.0378. The van der Waals surface area contributed by atoms with Crippen molar-refractivity contribution in [3.63, 3.8) is 0 Å². The molecule has 1 aromatic heterocycles. The van der Waals surface area contributed by atoms with Gasteiger partial charge in [0.15, 0.2) is 0 Å². The lowest BCUT2D eigenvalue weighted by Crippen LogP contribution is -2.16. The lowest BCUT2D eigenvalue weighted by Gasteiger charge is -2.12. The van der Waals surface area contributed by atoms with Gasteiger partial charge in [0.2, 0.25) is 0 Å². The summed E-state index contributed by atoms with van der Waals surface area (Å²) in [5, 5.41) is 12.3. The fourth-order valence-corrected chi connectivity index (χ4v) is 4.64. The van der Waals surface area contributed by atoms with Gasteiger partial charge in [-0.25, -0.2) is 4.79 Å². The molecule has 1 N–H and O–H groups in total. The van der Waals surface area contributed by atoms with Crippen LogP contribution in [0.2, 0.25) is 0 Å². The minimum Gasteiger partial charge on any atom is -0.462 e. The maximum atomic E-state index is 12.9. The van der Waals surface area contributed by atoms with Crippen molar-refractivity contribution in [1.82, 2.24) is 0 Å². The zero-order chi connectivity index (χ0) is 22.6. The third-order valence-electron chi connectivity index (χ3n) is 4.77. The van der Waals surface area contributed by atoms with Crippen LogP contribution in [0.5, 0.6) is 0 Å². The molecule has 0 bridgehead atoms. The van der Waals surface area contributed by atoms with Crippen LogP contribution in [-0.4, -0.2) is 18.5 Å². The normalized spacial score (nSPS) is 13.8. The molecule has 0 unspecified atom stereocenters. The molecular weight excluding hydrogens is 429 g/mol. The van der Waals surface area contributed by atoms with E-state index in [1.807, 2.05) is 0 Å². The molecule has 31 heavy (non-hydrogen) atoms. The van der Waals surface area contributed by atoms with E-state index in [0.29, 0.717) is 17.0 Å². The largest absolute Gasteiger partial charge is 0.462 e. The highest BCUT2D eigenvalue weighted by atomic mass is 32.1. The quantitative estimate of drug-likeness (QED) is 0.379. The Morgan fingerprint density at radius 3 is 2.71 bits per heavy atom. The molecule has 0 saturated heterocycles. The molecule has 0 radical (unpaired) electrons. The number of nitriles is 1. The van der Waals surface area contributed by atoms with Crippen molar-refractivity contribution in [2.24, 2.45) is 0 Å². The van der Waals surface area contributed by atoms with Crippen molar-refractivity contribution >= 4 is 34.3 Å². The molecule has 1 aliphatic carbocycles. The number of alkyl halides is 3. The van der Waals surface area contributed by atoms with Crippen LogP contribution in [0.15, 0.2) is 29.8 Å². The zero-order valence-corrected chi connectivity index (χ0v) is 17.5. The maximum Gasteiger partial charge on any atom is 0.416 e. The molecule has 1 aromatic carbocycles. The summed E-state index contributed by atoms with van der Waals surface area (Å²) in [4.78, 5) is 26.2. The Balaban J connectivity index is 1.91. The molecule has 0 saturated carbocycles. The lowest BCUT2D eigenvalue weighted by molar-refractivity contribution is -0.137. The number of fused-ring (bicyclic) bond motifs is 1. The van der Waals surface area contributed by atoms with Crippen molar-refractivity contribution in [2.75, 3.05) is 11.9 Å². The predicted octanol–water partition coefficient (Wildman–Crippen LogP) is 5.37. The lowest BCUT2D eigenvalue weighted by atomic mass is 9.95. The number of anilines is 1. The molecule has 0 fully saturated rings. The van der Waals surface area contributed by atoms with E-state index >= 15 is 0 Å². The number of thiophene rings is 1. The van der Waals surface area contributed by atoms with Crippen molar-refractivity contribution in [3.05, 3.63) is 57.0 Å². The Hall–Kier alpha value is -3.12. The number of nitrogens with one attached hydrogen (secondary N) is 1. The maximum absolute atomic E-state index is 12.9. The van der Waals surface area contributed by atoms with Gasteiger partial charge in [0.05, 0.1) is 17.7 Å². The highest BCUT2D eigenvalue weighted by molar-refractivity contribution is 7.17. The Kier molecular flexibility index (Phi) is 6.81. The van der Waals surface area contributed by atoms with Crippen LogP contribution in [0.1, 0.15) is 51.7 Å². The van der Waals surface area contributed by atoms with Gasteiger partial charge in [-0.1, -0.05) is 12.1 Å². The fourth-order valence-electron chi connectivity index (χ4n) is 3.36. The molecule has 1 amide bonds. The minimum absolute atomic E-state index is 0.0672. The first kappa shape index (κ1) is 22.6. The summed E-state index contributed by atoms with van der Waals surface area (Å²) in [6, 6.07) is 6.06. The molecule has 0 aliphatic heterocycles. The van der Waals surface area contributed by atoms with E-state index in [1.165, 1.54) is 23.5 Å². The average Bonchev–Trinajstić information content (AvgIpc) is 3.09. The number of ether oxygens (including phenoxy) is 1. The number of carbonyl (C=O) groups is 2. The second-order valence-corrected chi connectivity index (χ2v) is 7.99. The van der Waals surface area contributed by atoms with Gasteiger partial charge < -0.3 is 10.1 Å². The van der Waals surface area contributed by atoms with E-state index in [4.69, 9.17) is 4.74 Å². The van der Waals surface area contributed by atoms with Crippen molar-refractivity contribution in [1.29, 1.82) is 5.26 Å². The second kappa shape index (κ2) is 9.35. The average molecular weight is 448 g/mol. The summed E-state index contributed by atoms with van der Waals surface area (Å²) in [6.07, 6.45) is -0.0788. The smallest absolute Gasteiger partial charge is 0.416 e. The van der Waals surface area contributed by atoms with Crippen LogP contribution < -0.4 is 5.32 Å². The Labute approximate surface area is 181 Å². The fraction of sp³-hybridized carbons (Fsp3) is 0.318. The van der Waals surface area contributed by atoms with E-state index in [1.54, 1.807) is 13.0 Å². The first-order chi connectivity index (χ1) is 14.7. The van der Waals surface area contributed by atoms with E-state index < -0.39 is 23.6 Å². The zero-order valence-electron chi connectivity index (χ0n) is 16.6. The van der Waals surface area contributed by atoms with Gasteiger partial charge in [0.25, 0.3) is 5.91 Å². The van der Waals surface area contributed by atoms with Crippen LogP contribution in [0.25, 0.3) is 6.08 Å². The van der Waals surface area contributed by atoms with Crippen LogP contribution in [0.3, 0.4) is 0 Å². The summed E-state index contributed by atoms with van der Waals surface area (Å²) >= 11 is 1.27. The number of hydrogen-bond donors (Lipinski definition) is 1. The van der Waals surface area contributed by atoms with Gasteiger partial charge in [-0.2, -0.15) is 18.4 Å². The molecule has 1 aliphatic rings. The molecule has 0 spiro atoms. The summed E-state index contributed by atoms with van der Waals surface area (Å²) in [5.74, 6) is -1.35. The molecule has 1 heterocycles. The standard InChI is InChI=1S/C22H19F3N2O3S/c1-2-30-21(29)18-16-8-3-4-9-17(16)31-20(18)27-19(28)14(12-26)10-13-6-5-7-15(11-13)22(23,24)25/h5-7,10-11H,2-4,8-9H2,1H3,(H,27,28). The van der Waals surface area contributed by atoms with Crippen molar-refractivity contribution in [2.45, 2.75) is 38.8 Å². The number of rotatable bonds is 5. The summed E-state index contributed by atoms with van der Waals surface area (Å²) < 4.78 is 43.9. The highest BCUT2D eigenvalue weighted by Crippen LogP contribution is 2.39. The van der Waals surface area contributed by atoms with Gasteiger partial charge in [0.1, 0.15) is 16.6 Å². The highest BCUT2D eigenvalue weighted by Gasteiger charge is 2.30. The van der Waals surface area contributed by atoms with Gasteiger partial charge in [-0.3, -0.25) is 4.79 Å². The van der Waals surface area contributed by atoms with Crippen LogP contribution in [0.4, 0.5) is 18.2 Å². The topological polar surface area (TPSA) is 79.2 Å². The van der Waals surface area contributed by atoms with E-state index in [-0.39, 0.29) is 17.7 Å². The number of hydrogen-bond acceptors (Lipinski definition) is 5. The van der Waals surface area contributed by atoms with E-state index in [9.17, 15) is 28.0 Å². The van der Waals surface area contributed by atoms with E-state index in [0.717, 1.165) is 47.9 Å². The number of carbonyl (C=O) groups excluding carboxylic acids is 2. The molecule has 9 heteroatoms. The Morgan fingerprint density at radius 1 is 1.29 bits per heavy atom. The monoisotopic (exact) mass is 448 g/mol. The van der Waals surface area contributed by atoms with Gasteiger partial charge in [-0.05, 0) is 61.9 Å². The molecular formula is C22H19F3N2O3S. The summed E-state index contributed by atoms with van der Waals surface area (Å²) in [6.45, 7) is 1.86. The predicted molar refractivity (Wildman–Crippen MR) is 111 cm³/mol. The van der Waals surface area contributed by atoms with Crippen LogP contribution >= 0.6 is 11.3 Å². The van der Waals surface area contributed by atoms with Crippen molar-refractivity contribution in [3.8, 4) is 6.07 Å². The molecule has 5 nitrogen and oxygen atoms in total. The molecule has 162 valence electrons. The SMILES string of the molecule is CCOC(=O)c1c(NC(=O)C(C#N)=Cc2cccc(C(F)(F)F)c2)sc2c1CCCC2. The first-order valence-electron chi connectivity index (χ1n) is 9.66. The van der Waals surface area contributed by atoms with E-state index in [2.05, 4.69) is 5.32 Å². The number of amides is 1. The third kappa shape index (κ3) is 5.14. The van der Waals surface area contributed by atoms with Gasteiger partial charge in [0, 0.05) is 4.88 Å². The number of nitrogens with zero attached hydrogens (tertiary/aromatic N) is 1. The molecule has 0 atom stereocenters.